The zero-order valence-corrected chi connectivity index (χ0v) is 22.1. The number of fused-ring (bicyclic) bond motifs is 2. The lowest BCUT2D eigenvalue weighted by Gasteiger charge is -2.42. The van der Waals surface area contributed by atoms with Gasteiger partial charge in [-0.3, -0.25) is 4.90 Å². The van der Waals surface area contributed by atoms with Gasteiger partial charge < -0.3 is 0 Å². The summed E-state index contributed by atoms with van der Waals surface area (Å²) in [5.74, 6) is 1.73. The average molecular weight is 452 g/mol. The Bertz CT molecular complexity index is 881. The highest BCUT2D eigenvalue weighted by atomic mass is 32.2. The van der Waals surface area contributed by atoms with Crippen molar-refractivity contribution < 1.29 is 0 Å². The van der Waals surface area contributed by atoms with E-state index >= 15 is 0 Å². The van der Waals surface area contributed by atoms with E-state index in [0.29, 0.717) is 15.7 Å². The number of nitrogens with zero attached hydrogens (tertiary/aromatic N) is 1. The molecule has 3 unspecified atom stereocenters. The second kappa shape index (κ2) is 8.49. The summed E-state index contributed by atoms with van der Waals surface area (Å²) in [6, 6.07) is 7.52. The third-order valence-electron chi connectivity index (χ3n) is 9.43. The summed E-state index contributed by atoms with van der Waals surface area (Å²) >= 11 is 2.16. The first-order valence-corrected chi connectivity index (χ1v) is 14.4. The van der Waals surface area contributed by atoms with Crippen LogP contribution in [-0.4, -0.2) is 22.9 Å². The van der Waals surface area contributed by atoms with E-state index < -0.39 is 0 Å². The Balaban J connectivity index is 1.29. The number of unbranched alkanes of at least 4 members (excludes halogenated alkanes) is 2. The molecule has 2 heterocycles. The van der Waals surface area contributed by atoms with Gasteiger partial charge in [-0.1, -0.05) is 78.5 Å². The van der Waals surface area contributed by atoms with E-state index in [1.54, 1.807) is 16.7 Å². The molecule has 0 aromatic heterocycles. The normalized spacial score (nSPS) is 33.2. The van der Waals surface area contributed by atoms with Gasteiger partial charge in [-0.25, -0.2) is 0 Å². The fourth-order valence-corrected chi connectivity index (χ4v) is 8.46. The standard InChI is InChI=1S/C30H45NS/c1-6-7-8-10-22-11-9-17-31(18-14-22)30-20-27(30)24(21-32-30)23-12-13-25-26(19-23)29(4,5)16-15-28(25,2)3/h12-13,19,21-22,27H,6-11,14-18,20H2,1-5H3. The fraction of sp³-hybridized carbons (Fsp3) is 0.733. The van der Waals surface area contributed by atoms with Crippen molar-refractivity contribution in [3.05, 3.63) is 40.3 Å². The molecule has 1 saturated carbocycles. The third-order valence-corrected chi connectivity index (χ3v) is 10.9. The Morgan fingerprint density at radius 3 is 2.50 bits per heavy atom. The van der Waals surface area contributed by atoms with Gasteiger partial charge in [0, 0.05) is 5.92 Å². The lowest BCUT2D eigenvalue weighted by Crippen LogP contribution is -2.36. The third kappa shape index (κ3) is 4.02. The maximum atomic E-state index is 2.90. The van der Waals surface area contributed by atoms with Crippen LogP contribution < -0.4 is 0 Å². The van der Waals surface area contributed by atoms with Crippen molar-refractivity contribution in [2.45, 2.75) is 115 Å². The minimum absolute atomic E-state index is 0.297. The first kappa shape index (κ1) is 23.0. The number of likely N-dealkylation sites (tertiary alicyclic amines) is 1. The molecule has 0 bridgehead atoms. The first-order chi connectivity index (χ1) is 15.3. The molecule has 1 saturated heterocycles. The molecule has 176 valence electrons. The van der Waals surface area contributed by atoms with Gasteiger partial charge in [-0.05, 0) is 96.0 Å². The van der Waals surface area contributed by atoms with E-state index in [1.165, 1.54) is 82.9 Å². The maximum Gasteiger partial charge on any atom is 0.0788 e. The maximum absolute atomic E-state index is 2.90. The van der Waals surface area contributed by atoms with Gasteiger partial charge in [0.15, 0.2) is 0 Å². The van der Waals surface area contributed by atoms with Crippen LogP contribution >= 0.6 is 11.8 Å². The molecule has 2 aliphatic carbocycles. The van der Waals surface area contributed by atoms with E-state index in [9.17, 15) is 0 Å². The molecule has 0 radical (unpaired) electrons. The minimum atomic E-state index is 0.297. The van der Waals surface area contributed by atoms with Crippen molar-refractivity contribution in [1.29, 1.82) is 0 Å². The Morgan fingerprint density at radius 2 is 1.75 bits per heavy atom. The summed E-state index contributed by atoms with van der Waals surface area (Å²) in [5, 5.41) is 2.54. The molecule has 1 aromatic rings. The van der Waals surface area contributed by atoms with Crippen molar-refractivity contribution in [2.24, 2.45) is 11.8 Å². The lowest BCUT2D eigenvalue weighted by molar-refractivity contribution is 0.242. The smallest absolute Gasteiger partial charge is 0.0788 e. The van der Waals surface area contributed by atoms with Gasteiger partial charge in [-0.15, -0.1) is 11.8 Å². The van der Waals surface area contributed by atoms with Crippen molar-refractivity contribution in [3.8, 4) is 0 Å². The van der Waals surface area contributed by atoms with Crippen LogP contribution in [0.5, 0.6) is 0 Å². The van der Waals surface area contributed by atoms with E-state index in [0.717, 1.165) is 11.8 Å². The van der Waals surface area contributed by atoms with Crippen LogP contribution in [0, 0.1) is 11.8 Å². The van der Waals surface area contributed by atoms with Crippen LogP contribution in [0.1, 0.15) is 116 Å². The van der Waals surface area contributed by atoms with Gasteiger partial charge in [0.1, 0.15) is 0 Å². The molecule has 2 heteroatoms. The summed E-state index contributed by atoms with van der Waals surface area (Å²) in [6.07, 6.45) is 13.9. The summed E-state index contributed by atoms with van der Waals surface area (Å²) in [6.45, 7) is 14.8. The van der Waals surface area contributed by atoms with Gasteiger partial charge >= 0.3 is 0 Å². The highest BCUT2D eigenvalue weighted by molar-refractivity contribution is 8.04. The number of benzene rings is 1. The van der Waals surface area contributed by atoms with Crippen LogP contribution in [0.4, 0.5) is 0 Å². The van der Waals surface area contributed by atoms with E-state index in [2.05, 4.69) is 74.9 Å². The lowest BCUT2D eigenvalue weighted by atomic mass is 9.63. The molecule has 0 amide bonds. The van der Waals surface area contributed by atoms with Gasteiger partial charge in [0.25, 0.3) is 0 Å². The SMILES string of the molecule is CCCCCC1CCCN(C23CC2C(c2ccc4c(c2)C(C)(C)CCC4(C)C)=CS3)CC1. The fourth-order valence-electron chi connectivity index (χ4n) is 6.94. The highest BCUT2D eigenvalue weighted by Crippen LogP contribution is 2.68. The molecule has 3 atom stereocenters. The number of hydrogen-bond donors (Lipinski definition) is 0. The summed E-state index contributed by atoms with van der Waals surface area (Å²) < 4.78 is 0. The van der Waals surface area contributed by atoms with Crippen LogP contribution in [0.15, 0.2) is 23.6 Å². The quantitative estimate of drug-likeness (QED) is 0.399. The number of hydrogen-bond acceptors (Lipinski definition) is 2. The zero-order chi connectivity index (χ0) is 22.6. The van der Waals surface area contributed by atoms with Crippen molar-refractivity contribution in [2.75, 3.05) is 13.1 Å². The second-order valence-electron chi connectivity index (χ2n) is 12.6. The Hall–Kier alpha value is -0.730. The molecule has 4 aliphatic rings. The Kier molecular flexibility index (Phi) is 6.11. The van der Waals surface area contributed by atoms with Crippen LogP contribution in [0.2, 0.25) is 0 Å². The molecular formula is C30H45NS. The molecule has 0 N–H and O–H groups in total. The monoisotopic (exact) mass is 451 g/mol. The van der Waals surface area contributed by atoms with Crippen molar-refractivity contribution in [1.82, 2.24) is 4.90 Å². The summed E-state index contributed by atoms with van der Waals surface area (Å²) in [7, 11) is 0. The molecule has 1 aromatic carbocycles. The van der Waals surface area contributed by atoms with Crippen LogP contribution in [0.25, 0.3) is 5.57 Å². The molecule has 1 nitrogen and oxygen atoms in total. The minimum Gasteiger partial charge on any atom is -0.288 e. The van der Waals surface area contributed by atoms with E-state index in [4.69, 9.17) is 0 Å². The Labute approximate surface area is 201 Å². The van der Waals surface area contributed by atoms with Gasteiger partial charge in [0.2, 0.25) is 0 Å². The van der Waals surface area contributed by atoms with Crippen LogP contribution in [-0.2, 0) is 10.8 Å². The largest absolute Gasteiger partial charge is 0.288 e. The summed E-state index contributed by atoms with van der Waals surface area (Å²) in [5.41, 5.74) is 6.96. The predicted molar refractivity (Wildman–Crippen MR) is 141 cm³/mol. The molecule has 0 spiro atoms. The van der Waals surface area contributed by atoms with Crippen molar-refractivity contribution in [3.63, 3.8) is 0 Å². The molecule has 2 fully saturated rings. The second-order valence-corrected chi connectivity index (χ2v) is 13.8. The number of thioether (sulfide) groups is 1. The molecule has 2 aliphatic heterocycles. The highest BCUT2D eigenvalue weighted by Gasteiger charge is 2.63. The average Bonchev–Trinajstić information content (AvgIpc) is 3.45. The summed E-state index contributed by atoms with van der Waals surface area (Å²) in [4.78, 5) is 3.30. The molecule has 32 heavy (non-hydrogen) atoms. The van der Waals surface area contributed by atoms with Gasteiger partial charge in [0.05, 0.1) is 4.87 Å². The van der Waals surface area contributed by atoms with E-state index in [-0.39, 0.29) is 0 Å². The zero-order valence-electron chi connectivity index (χ0n) is 21.3. The van der Waals surface area contributed by atoms with E-state index in [1.807, 2.05) is 0 Å². The number of rotatable bonds is 6. The van der Waals surface area contributed by atoms with Gasteiger partial charge in [-0.2, -0.15) is 0 Å². The first-order valence-electron chi connectivity index (χ1n) is 13.6. The van der Waals surface area contributed by atoms with Crippen molar-refractivity contribution >= 4 is 17.3 Å². The molecular weight excluding hydrogens is 406 g/mol. The Morgan fingerprint density at radius 1 is 0.969 bits per heavy atom. The topological polar surface area (TPSA) is 3.24 Å². The predicted octanol–water partition coefficient (Wildman–Crippen LogP) is 8.52. The van der Waals surface area contributed by atoms with Crippen LogP contribution in [0.3, 0.4) is 0 Å². The molecule has 5 rings (SSSR count).